The Morgan fingerprint density at radius 3 is 2.71 bits per heavy atom. The number of urea groups is 1. The van der Waals surface area contributed by atoms with Crippen LogP contribution in [0.5, 0.6) is 0 Å². The summed E-state index contributed by atoms with van der Waals surface area (Å²) in [4.78, 5) is 31.5. The second kappa shape index (κ2) is 6.80. The minimum absolute atomic E-state index is 0.141. The van der Waals surface area contributed by atoms with Gasteiger partial charge in [0.25, 0.3) is 0 Å². The van der Waals surface area contributed by atoms with E-state index in [9.17, 15) is 9.59 Å². The zero-order chi connectivity index (χ0) is 15.2. The van der Waals surface area contributed by atoms with Gasteiger partial charge in [-0.3, -0.25) is 4.98 Å². The van der Waals surface area contributed by atoms with E-state index in [0.717, 1.165) is 9.88 Å². The highest BCUT2D eigenvalue weighted by Crippen LogP contribution is 2.10. The quantitative estimate of drug-likeness (QED) is 0.777. The largest absolute Gasteiger partial charge is 0.478 e. The van der Waals surface area contributed by atoms with Crippen molar-refractivity contribution in [3.8, 4) is 0 Å². The van der Waals surface area contributed by atoms with Crippen LogP contribution in [0.2, 0.25) is 0 Å². The first kappa shape index (κ1) is 14.9. The molecule has 8 heteroatoms. The van der Waals surface area contributed by atoms with Crippen molar-refractivity contribution in [3.05, 3.63) is 45.7 Å². The third-order valence-corrected chi connectivity index (χ3v) is 3.50. The fourth-order valence-corrected chi connectivity index (χ4v) is 2.33. The van der Waals surface area contributed by atoms with Gasteiger partial charge in [-0.05, 0) is 19.1 Å². The number of thiazole rings is 1. The molecule has 2 aromatic rings. The van der Waals surface area contributed by atoms with Crippen molar-refractivity contribution >= 4 is 23.3 Å². The molecule has 2 aromatic heterocycles. The van der Waals surface area contributed by atoms with Gasteiger partial charge in [-0.2, -0.15) is 0 Å². The molecule has 0 spiro atoms. The second-order valence-corrected chi connectivity index (χ2v) is 5.54. The molecule has 0 atom stereocenters. The predicted molar refractivity (Wildman–Crippen MR) is 77.1 cm³/mol. The molecule has 0 saturated heterocycles. The van der Waals surface area contributed by atoms with Crippen molar-refractivity contribution in [1.29, 1.82) is 0 Å². The van der Waals surface area contributed by atoms with Crippen LogP contribution in [0.25, 0.3) is 0 Å². The van der Waals surface area contributed by atoms with Crippen molar-refractivity contribution in [1.82, 2.24) is 20.6 Å². The zero-order valence-corrected chi connectivity index (χ0v) is 12.1. The number of nitrogens with one attached hydrogen (secondary N) is 2. The summed E-state index contributed by atoms with van der Waals surface area (Å²) in [6.45, 7) is 2.46. The molecule has 2 rings (SSSR count). The number of carboxylic acids is 1. The molecule has 7 nitrogen and oxygen atoms in total. The number of hydrogen-bond donors (Lipinski definition) is 3. The second-order valence-electron chi connectivity index (χ2n) is 4.22. The Kier molecular flexibility index (Phi) is 4.83. The molecule has 3 N–H and O–H groups in total. The van der Waals surface area contributed by atoms with E-state index in [1.807, 2.05) is 6.92 Å². The van der Waals surface area contributed by atoms with Crippen LogP contribution >= 0.6 is 11.3 Å². The lowest BCUT2D eigenvalue weighted by Crippen LogP contribution is -2.34. The number of rotatable bonds is 5. The van der Waals surface area contributed by atoms with Crippen LogP contribution in [-0.4, -0.2) is 27.1 Å². The lowest BCUT2D eigenvalue weighted by molar-refractivity contribution is 0.0696. The molecule has 0 fully saturated rings. The molecular formula is C13H14N4O3S. The van der Waals surface area contributed by atoms with Gasteiger partial charge in [0.15, 0.2) is 0 Å². The van der Waals surface area contributed by atoms with Crippen molar-refractivity contribution in [2.45, 2.75) is 20.0 Å². The van der Waals surface area contributed by atoms with Gasteiger partial charge < -0.3 is 15.7 Å². The number of aromatic nitrogens is 2. The average Bonchev–Trinajstić information content (AvgIpc) is 2.89. The van der Waals surface area contributed by atoms with Gasteiger partial charge in [0.05, 0.1) is 29.4 Å². The fourth-order valence-electron chi connectivity index (χ4n) is 1.60. The minimum atomic E-state index is -1.02. The molecule has 2 amide bonds. The number of nitrogens with zero attached hydrogens (tertiary/aromatic N) is 2. The van der Waals surface area contributed by atoms with E-state index in [4.69, 9.17) is 5.11 Å². The van der Waals surface area contributed by atoms with Crippen molar-refractivity contribution in [2.24, 2.45) is 0 Å². The standard InChI is InChI=1S/C13H14N4O3S/c1-8-15-6-11(21-8)7-17-13(20)16-5-10-4-9(12(18)19)2-3-14-10/h2-4,6H,5,7H2,1H3,(H,18,19)(H2,16,17,20). The normalized spacial score (nSPS) is 10.1. The van der Waals surface area contributed by atoms with Crippen LogP contribution in [0.15, 0.2) is 24.5 Å². The van der Waals surface area contributed by atoms with Crippen LogP contribution in [0.3, 0.4) is 0 Å². The molecular weight excluding hydrogens is 292 g/mol. The van der Waals surface area contributed by atoms with Crippen LogP contribution in [-0.2, 0) is 13.1 Å². The zero-order valence-electron chi connectivity index (χ0n) is 11.3. The molecule has 0 aliphatic rings. The number of carboxylic acid groups (broad SMARTS) is 1. The molecule has 0 unspecified atom stereocenters. The van der Waals surface area contributed by atoms with Crippen LogP contribution in [0, 0.1) is 6.92 Å². The van der Waals surface area contributed by atoms with Crippen LogP contribution < -0.4 is 10.6 Å². The van der Waals surface area contributed by atoms with Crippen LogP contribution in [0.1, 0.15) is 25.9 Å². The van der Waals surface area contributed by atoms with E-state index >= 15 is 0 Å². The number of aromatic carboxylic acids is 1. The summed E-state index contributed by atoms with van der Waals surface area (Å²) >= 11 is 1.52. The summed E-state index contributed by atoms with van der Waals surface area (Å²) in [6, 6.07) is 2.48. The predicted octanol–water partition coefficient (Wildman–Crippen LogP) is 1.54. The lowest BCUT2D eigenvalue weighted by Gasteiger charge is -2.06. The third-order valence-electron chi connectivity index (χ3n) is 2.59. The number of pyridine rings is 1. The van der Waals surface area contributed by atoms with Gasteiger partial charge >= 0.3 is 12.0 Å². The van der Waals surface area contributed by atoms with E-state index in [0.29, 0.717) is 12.2 Å². The molecule has 110 valence electrons. The number of hydrogen-bond acceptors (Lipinski definition) is 5. The van der Waals surface area contributed by atoms with E-state index in [-0.39, 0.29) is 18.1 Å². The van der Waals surface area contributed by atoms with E-state index in [2.05, 4.69) is 20.6 Å². The summed E-state index contributed by atoms with van der Waals surface area (Å²) in [5, 5.41) is 15.1. The van der Waals surface area contributed by atoms with Gasteiger partial charge in [-0.15, -0.1) is 11.3 Å². The summed E-state index contributed by atoms with van der Waals surface area (Å²) in [6.07, 6.45) is 3.12. The number of aryl methyl sites for hydroxylation is 1. The highest BCUT2D eigenvalue weighted by Gasteiger charge is 2.06. The number of amides is 2. The first-order valence-corrected chi connectivity index (χ1v) is 6.97. The van der Waals surface area contributed by atoms with Gasteiger partial charge in [-0.25, -0.2) is 14.6 Å². The molecule has 0 radical (unpaired) electrons. The maximum Gasteiger partial charge on any atom is 0.335 e. The molecule has 0 aromatic carbocycles. The number of carbonyl (C=O) groups is 2. The lowest BCUT2D eigenvalue weighted by atomic mass is 10.2. The molecule has 0 aliphatic carbocycles. The highest BCUT2D eigenvalue weighted by molar-refractivity contribution is 7.11. The first-order valence-electron chi connectivity index (χ1n) is 6.16. The van der Waals surface area contributed by atoms with Gasteiger partial charge in [0.2, 0.25) is 0 Å². The Morgan fingerprint density at radius 2 is 2.05 bits per heavy atom. The van der Waals surface area contributed by atoms with Gasteiger partial charge in [-0.1, -0.05) is 0 Å². The molecule has 21 heavy (non-hydrogen) atoms. The minimum Gasteiger partial charge on any atom is -0.478 e. The maximum atomic E-state index is 11.6. The summed E-state index contributed by atoms with van der Waals surface area (Å²) in [5.41, 5.74) is 0.626. The Bertz CT molecular complexity index is 656. The monoisotopic (exact) mass is 306 g/mol. The van der Waals surface area contributed by atoms with E-state index in [1.165, 1.54) is 29.7 Å². The van der Waals surface area contributed by atoms with Gasteiger partial charge in [0.1, 0.15) is 0 Å². The number of carbonyl (C=O) groups excluding carboxylic acids is 1. The molecule has 2 heterocycles. The van der Waals surface area contributed by atoms with Crippen molar-refractivity contribution < 1.29 is 14.7 Å². The Morgan fingerprint density at radius 1 is 1.29 bits per heavy atom. The average molecular weight is 306 g/mol. The summed E-state index contributed by atoms with van der Waals surface area (Å²) in [7, 11) is 0. The smallest absolute Gasteiger partial charge is 0.335 e. The van der Waals surface area contributed by atoms with E-state index < -0.39 is 5.97 Å². The fraction of sp³-hybridized carbons (Fsp3) is 0.231. The Labute approximate surface area is 125 Å². The summed E-state index contributed by atoms with van der Waals surface area (Å²) in [5.74, 6) is -1.02. The highest BCUT2D eigenvalue weighted by atomic mass is 32.1. The first-order chi connectivity index (χ1) is 10.0. The van der Waals surface area contributed by atoms with Crippen LogP contribution in [0.4, 0.5) is 4.79 Å². The molecule has 0 saturated carbocycles. The summed E-state index contributed by atoms with van der Waals surface area (Å²) < 4.78 is 0. The molecule has 0 bridgehead atoms. The van der Waals surface area contributed by atoms with Crippen molar-refractivity contribution in [3.63, 3.8) is 0 Å². The van der Waals surface area contributed by atoms with E-state index in [1.54, 1.807) is 6.20 Å². The Hall–Kier alpha value is -2.48. The Balaban J connectivity index is 1.81. The topological polar surface area (TPSA) is 104 Å². The SMILES string of the molecule is Cc1ncc(CNC(=O)NCc2cc(C(=O)O)ccn2)s1. The van der Waals surface area contributed by atoms with Gasteiger partial charge in [0, 0.05) is 17.3 Å². The third kappa shape index (κ3) is 4.53. The van der Waals surface area contributed by atoms with Crippen molar-refractivity contribution in [2.75, 3.05) is 0 Å². The molecule has 0 aliphatic heterocycles. The maximum absolute atomic E-state index is 11.6.